The van der Waals surface area contributed by atoms with Crippen molar-refractivity contribution in [1.82, 2.24) is 15.1 Å². The second-order valence-electron chi connectivity index (χ2n) is 6.83. The molecule has 3 rings (SSSR count). The van der Waals surface area contributed by atoms with E-state index in [-0.39, 0.29) is 36.4 Å². The molecule has 1 fully saturated rings. The molecule has 160 valence electrons. The fraction of sp³-hybridized carbons (Fsp3) is 0.286. The highest BCUT2D eigenvalue weighted by Crippen LogP contribution is 2.14. The first-order valence-electron chi connectivity index (χ1n) is 9.33. The van der Waals surface area contributed by atoms with Gasteiger partial charge in [0.2, 0.25) is 11.8 Å². The summed E-state index contributed by atoms with van der Waals surface area (Å²) in [5.41, 5.74) is 7.78. The van der Waals surface area contributed by atoms with Crippen molar-refractivity contribution < 1.29 is 9.59 Å². The van der Waals surface area contributed by atoms with Crippen molar-refractivity contribution in [3.8, 4) is 0 Å². The first-order chi connectivity index (χ1) is 14.0. The molecule has 0 atom stereocenters. The van der Waals surface area contributed by atoms with Crippen molar-refractivity contribution in [2.24, 2.45) is 10.7 Å². The summed E-state index contributed by atoms with van der Waals surface area (Å²) in [6.45, 7) is 2.69. The van der Waals surface area contributed by atoms with Gasteiger partial charge in [0.15, 0.2) is 5.96 Å². The molecule has 9 heteroatoms. The van der Waals surface area contributed by atoms with Crippen LogP contribution in [0.15, 0.2) is 53.5 Å². The summed E-state index contributed by atoms with van der Waals surface area (Å²) in [6, 6.07) is 14.6. The lowest BCUT2D eigenvalue weighted by molar-refractivity contribution is -0.135. The molecule has 2 aromatic carbocycles. The molecule has 0 spiro atoms. The minimum atomic E-state index is -0.449. The van der Waals surface area contributed by atoms with E-state index in [4.69, 9.17) is 17.3 Å². The van der Waals surface area contributed by atoms with Crippen molar-refractivity contribution in [1.29, 1.82) is 0 Å². The third kappa shape index (κ3) is 6.33. The molecule has 30 heavy (non-hydrogen) atoms. The standard InChI is InChI=1S/C21H24ClN5O2.HI/c1-24-21(25-12-15-2-6-17(7-3-15)20(23)29)27-11-10-26(19(28)14-27)13-16-4-8-18(22)9-5-16;/h2-9H,10-14H2,1H3,(H2,23,29)(H,24,25);1H. The second-order valence-corrected chi connectivity index (χ2v) is 7.26. The molecule has 1 aliphatic heterocycles. The predicted octanol–water partition coefficient (Wildman–Crippen LogP) is 2.48. The first kappa shape index (κ1) is 23.9. The molecule has 1 saturated heterocycles. The smallest absolute Gasteiger partial charge is 0.248 e. The minimum absolute atomic E-state index is 0. The normalized spacial score (nSPS) is 14.3. The molecule has 0 saturated carbocycles. The topological polar surface area (TPSA) is 91.0 Å². The highest BCUT2D eigenvalue weighted by atomic mass is 127. The highest BCUT2D eigenvalue weighted by Gasteiger charge is 2.25. The Hall–Kier alpha value is -2.33. The van der Waals surface area contributed by atoms with Crippen molar-refractivity contribution in [3.63, 3.8) is 0 Å². The molecule has 1 heterocycles. The molecule has 1 aliphatic rings. The Kier molecular flexibility index (Phi) is 8.91. The largest absolute Gasteiger partial charge is 0.366 e. The Morgan fingerprint density at radius 2 is 1.73 bits per heavy atom. The Morgan fingerprint density at radius 3 is 2.30 bits per heavy atom. The summed E-state index contributed by atoms with van der Waals surface area (Å²) in [7, 11) is 1.70. The molecule has 0 unspecified atom stereocenters. The van der Waals surface area contributed by atoms with Gasteiger partial charge in [-0.3, -0.25) is 14.6 Å². The summed E-state index contributed by atoms with van der Waals surface area (Å²) in [5.74, 6) is 0.277. The van der Waals surface area contributed by atoms with Crippen LogP contribution in [-0.4, -0.2) is 54.3 Å². The third-order valence-electron chi connectivity index (χ3n) is 4.81. The molecule has 0 aliphatic carbocycles. The van der Waals surface area contributed by atoms with Crippen LogP contribution in [0.1, 0.15) is 21.5 Å². The van der Waals surface area contributed by atoms with E-state index in [9.17, 15) is 9.59 Å². The number of halogens is 2. The first-order valence-corrected chi connectivity index (χ1v) is 9.70. The van der Waals surface area contributed by atoms with Gasteiger partial charge in [0, 0.05) is 43.8 Å². The van der Waals surface area contributed by atoms with E-state index in [0.717, 1.165) is 11.1 Å². The number of carbonyl (C=O) groups excluding carboxylic acids is 2. The number of benzene rings is 2. The number of aliphatic imine (C=N–C) groups is 1. The maximum absolute atomic E-state index is 12.6. The SMILES string of the molecule is CN=C(NCc1ccc(C(N)=O)cc1)N1CCN(Cc2ccc(Cl)cc2)C(=O)C1.I. The van der Waals surface area contributed by atoms with Crippen molar-refractivity contribution in [2.75, 3.05) is 26.7 Å². The molecular weight excluding hydrogens is 517 g/mol. The number of rotatable bonds is 5. The van der Waals surface area contributed by atoms with Gasteiger partial charge in [-0.2, -0.15) is 0 Å². The number of primary amides is 1. The van der Waals surface area contributed by atoms with Crippen LogP contribution in [0.5, 0.6) is 0 Å². The molecule has 2 amide bonds. The molecule has 0 radical (unpaired) electrons. The van der Waals surface area contributed by atoms with Crippen LogP contribution in [0.25, 0.3) is 0 Å². The maximum atomic E-state index is 12.6. The van der Waals surface area contributed by atoms with E-state index < -0.39 is 5.91 Å². The number of nitrogens with two attached hydrogens (primary N) is 1. The summed E-state index contributed by atoms with van der Waals surface area (Å²) >= 11 is 5.92. The summed E-state index contributed by atoms with van der Waals surface area (Å²) in [4.78, 5) is 31.8. The van der Waals surface area contributed by atoms with Gasteiger partial charge in [0.05, 0.1) is 6.54 Å². The van der Waals surface area contributed by atoms with E-state index in [2.05, 4.69) is 10.3 Å². The van der Waals surface area contributed by atoms with Crippen molar-refractivity contribution >= 4 is 53.4 Å². The third-order valence-corrected chi connectivity index (χ3v) is 5.06. The van der Waals surface area contributed by atoms with E-state index in [1.165, 1.54) is 0 Å². The number of guanidine groups is 1. The zero-order chi connectivity index (χ0) is 20.8. The van der Waals surface area contributed by atoms with Gasteiger partial charge < -0.3 is 20.9 Å². The zero-order valence-corrected chi connectivity index (χ0v) is 19.8. The van der Waals surface area contributed by atoms with Gasteiger partial charge in [0.1, 0.15) is 0 Å². The van der Waals surface area contributed by atoms with Gasteiger partial charge in [-0.05, 0) is 35.4 Å². The minimum Gasteiger partial charge on any atom is -0.366 e. The monoisotopic (exact) mass is 541 g/mol. The number of hydrogen-bond acceptors (Lipinski definition) is 3. The van der Waals surface area contributed by atoms with E-state index in [0.29, 0.717) is 42.7 Å². The lowest BCUT2D eigenvalue weighted by Gasteiger charge is -2.36. The van der Waals surface area contributed by atoms with Crippen molar-refractivity contribution in [3.05, 3.63) is 70.2 Å². The number of amides is 2. The Bertz CT molecular complexity index is 903. The Labute approximate surface area is 198 Å². The lowest BCUT2D eigenvalue weighted by Crippen LogP contribution is -2.54. The average Bonchev–Trinajstić information content (AvgIpc) is 2.72. The van der Waals surface area contributed by atoms with Crippen LogP contribution >= 0.6 is 35.6 Å². The van der Waals surface area contributed by atoms with Gasteiger partial charge in [-0.25, -0.2) is 0 Å². The van der Waals surface area contributed by atoms with Gasteiger partial charge in [-0.1, -0.05) is 35.9 Å². The highest BCUT2D eigenvalue weighted by molar-refractivity contribution is 14.0. The molecule has 2 aromatic rings. The predicted molar refractivity (Wildman–Crippen MR) is 129 cm³/mol. The fourth-order valence-electron chi connectivity index (χ4n) is 3.17. The quantitative estimate of drug-likeness (QED) is 0.346. The van der Waals surface area contributed by atoms with Crippen LogP contribution in [0.2, 0.25) is 5.02 Å². The molecule has 7 nitrogen and oxygen atoms in total. The lowest BCUT2D eigenvalue weighted by atomic mass is 10.1. The van der Waals surface area contributed by atoms with E-state index >= 15 is 0 Å². The summed E-state index contributed by atoms with van der Waals surface area (Å²) in [5, 5.41) is 3.95. The van der Waals surface area contributed by atoms with Gasteiger partial charge in [0.25, 0.3) is 0 Å². The molecule has 0 bridgehead atoms. The Morgan fingerprint density at radius 1 is 1.10 bits per heavy atom. The second kappa shape index (κ2) is 11.2. The van der Waals surface area contributed by atoms with Crippen LogP contribution in [0, 0.1) is 0 Å². The number of hydrogen-bond donors (Lipinski definition) is 2. The molecule has 0 aromatic heterocycles. The average molecular weight is 542 g/mol. The number of carbonyl (C=O) groups is 2. The summed E-state index contributed by atoms with van der Waals surface area (Å²) in [6.07, 6.45) is 0. The van der Waals surface area contributed by atoms with E-state index in [1.54, 1.807) is 19.2 Å². The van der Waals surface area contributed by atoms with Crippen LogP contribution in [0.4, 0.5) is 0 Å². The number of piperazine rings is 1. The zero-order valence-electron chi connectivity index (χ0n) is 16.7. The van der Waals surface area contributed by atoms with Crippen LogP contribution in [0.3, 0.4) is 0 Å². The fourth-order valence-corrected chi connectivity index (χ4v) is 3.29. The number of nitrogens with zero attached hydrogens (tertiary/aromatic N) is 3. The van der Waals surface area contributed by atoms with Crippen molar-refractivity contribution in [2.45, 2.75) is 13.1 Å². The number of nitrogens with one attached hydrogen (secondary N) is 1. The summed E-state index contributed by atoms with van der Waals surface area (Å²) < 4.78 is 0. The van der Waals surface area contributed by atoms with E-state index in [1.807, 2.05) is 46.2 Å². The van der Waals surface area contributed by atoms with Crippen LogP contribution < -0.4 is 11.1 Å². The van der Waals surface area contributed by atoms with Crippen LogP contribution in [-0.2, 0) is 17.9 Å². The Balaban J connectivity index is 0.00000320. The van der Waals surface area contributed by atoms with Gasteiger partial charge >= 0.3 is 0 Å². The van der Waals surface area contributed by atoms with Gasteiger partial charge in [-0.15, -0.1) is 24.0 Å². The molecular formula is C21H25ClIN5O2. The maximum Gasteiger partial charge on any atom is 0.248 e. The molecule has 3 N–H and O–H groups in total.